The second-order valence-corrected chi connectivity index (χ2v) is 10.5. The lowest BCUT2D eigenvalue weighted by atomic mass is 9.95. The van der Waals surface area contributed by atoms with Crippen LogP contribution in [0.2, 0.25) is 0 Å². The Kier molecular flexibility index (Phi) is 10.9. The average molecular weight is 613 g/mol. The molecule has 0 fully saturated rings. The maximum absolute atomic E-state index is 13.9. The summed E-state index contributed by atoms with van der Waals surface area (Å²) in [5.74, 6) is -1.41. The van der Waals surface area contributed by atoms with Crippen LogP contribution in [-0.4, -0.2) is 42.4 Å². The molecule has 4 aromatic rings. The third-order valence-electron chi connectivity index (χ3n) is 7.12. The number of Topliss-reactive ketones (excluding diaryl/α,β-unsaturated/α-hetero) is 1. The lowest BCUT2D eigenvalue weighted by molar-refractivity contribution is -0.123. The van der Waals surface area contributed by atoms with Crippen molar-refractivity contribution in [3.8, 4) is 0 Å². The van der Waals surface area contributed by atoms with E-state index >= 15 is 0 Å². The van der Waals surface area contributed by atoms with Gasteiger partial charge in [-0.1, -0.05) is 60.7 Å². The number of ketones is 1. The minimum absolute atomic E-state index is 0.000911. The van der Waals surface area contributed by atoms with Gasteiger partial charge in [-0.2, -0.15) is 0 Å². The largest absolute Gasteiger partial charge is 0.445 e. The number of carbonyl (C=O) groups excluding carboxylic acids is 3. The molecule has 0 spiro atoms. The number of nitrogen functional groups attached to an aromatic ring is 1. The highest BCUT2D eigenvalue weighted by atomic mass is 16.5. The van der Waals surface area contributed by atoms with Crippen LogP contribution in [0.3, 0.4) is 0 Å². The van der Waals surface area contributed by atoms with Gasteiger partial charge in [-0.25, -0.2) is 9.59 Å². The van der Waals surface area contributed by atoms with E-state index in [2.05, 4.69) is 15.6 Å². The van der Waals surface area contributed by atoms with Crippen LogP contribution in [0.15, 0.2) is 93.1 Å². The molecular formula is C33H36N6O6. The summed E-state index contributed by atoms with van der Waals surface area (Å²) in [7, 11) is 0. The van der Waals surface area contributed by atoms with E-state index in [1.165, 1.54) is 6.07 Å². The van der Waals surface area contributed by atoms with E-state index in [1.807, 2.05) is 48.5 Å². The maximum Gasteiger partial charge on any atom is 0.408 e. The molecule has 0 aliphatic rings. The summed E-state index contributed by atoms with van der Waals surface area (Å²) in [6.07, 6.45) is -0.299. The van der Waals surface area contributed by atoms with Gasteiger partial charge < -0.3 is 37.0 Å². The third-order valence-corrected chi connectivity index (χ3v) is 7.12. The summed E-state index contributed by atoms with van der Waals surface area (Å²) in [6.45, 7) is 1.81. The molecule has 1 heterocycles. The second kappa shape index (κ2) is 15.2. The summed E-state index contributed by atoms with van der Waals surface area (Å²) in [6, 6.07) is 20.7. The predicted octanol–water partition coefficient (Wildman–Crippen LogP) is 2.94. The van der Waals surface area contributed by atoms with Crippen LogP contribution in [0.5, 0.6) is 0 Å². The fraction of sp³-hybridized carbons (Fsp3) is 0.242. The molecular weight excluding hydrogens is 576 g/mol. The molecule has 0 radical (unpaired) electrons. The quantitative estimate of drug-likeness (QED) is 0.0375. The third kappa shape index (κ3) is 8.92. The van der Waals surface area contributed by atoms with E-state index in [9.17, 15) is 19.2 Å². The molecule has 234 valence electrons. The molecule has 45 heavy (non-hydrogen) atoms. The van der Waals surface area contributed by atoms with Gasteiger partial charge in [-0.3, -0.25) is 14.6 Å². The first kappa shape index (κ1) is 32.3. The lowest BCUT2D eigenvalue weighted by Gasteiger charge is -2.23. The number of ether oxygens (including phenoxy) is 1. The van der Waals surface area contributed by atoms with Crippen molar-refractivity contribution in [1.82, 2.24) is 10.6 Å². The van der Waals surface area contributed by atoms with E-state index in [0.29, 0.717) is 23.1 Å². The van der Waals surface area contributed by atoms with Gasteiger partial charge in [0.25, 0.3) is 0 Å². The van der Waals surface area contributed by atoms with Gasteiger partial charge in [0.2, 0.25) is 5.91 Å². The Bertz CT molecular complexity index is 1740. The number of aryl methyl sites for hydroxylation is 1. The highest BCUT2D eigenvalue weighted by molar-refractivity contribution is 6.05. The fourth-order valence-electron chi connectivity index (χ4n) is 4.84. The van der Waals surface area contributed by atoms with Crippen molar-refractivity contribution in [3.63, 3.8) is 0 Å². The van der Waals surface area contributed by atoms with Crippen LogP contribution in [0.25, 0.3) is 11.0 Å². The first-order valence-corrected chi connectivity index (χ1v) is 14.4. The summed E-state index contributed by atoms with van der Waals surface area (Å²) in [5.41, 5.74) is 18.2. The molecule has 4 rings (SSSR count). The van der Waals surface area contributed by atoms with E-state index in [0.717, 1.165) is 11.1 Å². The zero-order chi connectivity index (χ0) is 32.3. The number of benzene rings is 3. The van der Waals surface area contributed by atoms with Gasteiger partial charge in [0.15, 0.2) is 11.7 Å². The van der Waals surface area contributed by atoms with Crippen LogP contribution in [0, 0.1) is 6.92 Å². The van der Waals surface area contributed by atoms with Gasteiger partial charge in [0.05, 0.1) is 6.04 Å². The molecule has 0 saturated heterocycles. The van der Waals surface area contributed by atoms with Gasteiger partial charge >= 0.3 is 11.7 Å². The molecule has 0 aliphatic heterocycles. The van der Waals surface area contributed by atoms with Crippen molar-refractivity contribution < 1.29 is 23.5 Å². The number of guanidine groups is 1. The Morgan fingerprint density at radius 2 is 1.58 bits per heavy atom. The van der Waals surface area contributed by atoms with Gasteiger partial charge in [0, 0.05) is 30.1 Å². The number of alkyl carbamates (subject to hydrolysis) is 1. The molecule has 3 aromatic carbocycles. The number of amides is 2. The first-order valence-electron chi connectivity index (χ1n) is 14.4. The molecule has 8 N–H and O–H groups in total. The van der Waals surface area contributed by atoms with Gasteiger partial charge in [0.1, 0.15) is 23.8 Å². The lowest BCUT2D eigenvalue weighted by Crippen LogP contribution is -2.53. The first-order chi connectivity index (χ1) is 21.6. The molecule has 0 aliphatic carbocycles. The summed E-state index contributed by atoms with van der Waals surface area (Å²) >= 11 is 0. The Balaban J connectivity index is 1.60. The molecule has 0 saturated carbocycles. The van der Waals surface area contributed by atoms with E-state index in [4.69, 9.17) is 26.4 Å². The molecule has 12 nitrogen and oxygen atoms in total. The normalized spacial score (nSPS) is 12.1. The number of carbonyl (C=O) groups is 3. The Morgan fingerprint density at radius 3 is 2.24 bits per heavy atom. The Morgan fingerprint density at radius 1 is 0.911 bits per heavy atom. The Hall–Kier alpha value is -5.65. The molecule has 0 unspecified atom stereocenters. The average Bonchev–Trinajstić information content (AvgIpc) is 3.01. The number of rotatable bonds is 13. The van der Waals surface area contributed by atoms with E-state index in [1.54, 1.807) is 31.2 Å². The minimum Gasteiger partial charge on any atom is -0.445 e. The number of hydrogen-bond acceptors (Lipinski definition) is 8. The van der Waals surface area contributed by atoms with Crippen molar-refractivity contribution in [2.75, 3.05) is 12.3 Å². The van der Waals surface area contributed by atoms with Crippen LogP contribution >= 0.6 is 0 Å². The van der Waals surface area contributed by atoms with Crippen molar-refractivity contribution in [3.05, 3.63) is 112 Å². The number of anilines is 1. The number of nitrogens with one attached hydrogen (secondary N) is 2. The number of hydrogen-bond donors (Lipinski definition) is 5. The SMILES string of the molecule is Cc1c(C(=O)[C@H](CCCN=C(N)N)NC(=O)[C@H](Cc2ccccc2)NC(=O)OCc2ccccc2)c(=O)oc2cc(N)ccc12. The molecule has 12 heteroatoms. The van der Waals surface area contributed by atoms with Crippen LogP contribution < -0.4 is 33.5 Å². The van der Waals surface area contributed by atoms with Crippen LogP contribution in [0.1, 0.15) is 39.9 Å². The number of nitrogens with zero attached hydrogens (tertiary/aromatic N) is 1. The number of fused-ring (bicyclic) bond motifs is 1. The van der Waals surface area contributed by atoms with E-state index < -0.39 is 35.5 Å². The topological polar surface area (TPSA) is 205 Å². The maximum atomic E-state index is 13.9. The summed E-state index contributed by atoms with van der Waals surface area (Å²) in [5, 5.41) is 5.90. The van der Waals surface area contributed by atoms with Crippen molar-refractivity contribution in [2.24, 2.45) is 16.5 Å². The minimum atomic E-state index is -1.17. The van der Waals surface area contributed by atoms with Crippen molar-refractivity contribution in [1.29, 1.82) is 0 Å². The predicted molar refractivity (Wildman–Crippen MR) is 172 cm³/mol. The van der Waals surface area contributed by atoms with Crippen LogP contribution in [-0.2, 0) is 22.6 Å². The molecule has 1 aromatic heterocycles. The Labute approximate surface area is 259 Å². The van der Waals surface area contributed by atoms with E-state index in [-0.39, 0.29) is 43.1 Å². The zero-order valence-electron chi connectivity index (χ0n) is 24.8. The monoisotopic (exact) mass is 612 g/mol. The standard InChI is InChI=1S/C33H36N6O6/c1-20-24-15-14-23(34)18-27(24)45-31(42)28(20)29(40)25(13-8-16-37-32(35)36)38-30(41)26(17-21-9-4-2-5-10-21)39-33(43)44-19-22-11-6-3-7-12-22/h2-7,9-12,14-15,18,25-26H,8,13,16-17,19,34H2,1H3,(H,38,41)(H,39,43)(H4,35,36,37)/t25-,26-/m0/s1. The number of nitrogens with two attached hydrogens (primary N) is 3. The zero-order valence-corrected chi connectivity index (χ0v) is 24.8. The summed E-state index contributed by atoms with van der Waals surface area (Å²) < 4.78 is 10.8. The molecule has 0 bridgehead atoms. The van der Waals surface area contributed by atoms with Crippen molar-refractivity contribution >= 4 is 40.4 Å². The number of aliphatic imine (C=N–C) groups is 1. The highest BCUT2D eigenvalue weighted by Crippen LogP contribution is 2.23. The highest BCUT2D eigenvalue weighted by Gasteiger charge is 2.31. The van der Waals surface area contributed by atoms with Crippen LogP contribution in [0.4, 0.5) is 10.5 Å². The molecule has 2 atom stereocenters. The van der Waals surface area contributed by atoms with Crippen molar-refractivity contribution in [2.45, 2.75) is 44.9 Å². The summed E-state index contributed by atoms with van der Waals surface area (Å²) in [4.78, 5) is 57.5. The van der Waals surface area contributed by atoms with Gasteiger partial charge in [-0.15, -0.1) is 0 Å². The fourth-order valence-corrected chi connectivity index (χ4v) is 4.84. The second-order valence-electron chi connectivity index (χ2n) is 10.5. The smallest absolute Gasteiger partial charge is 0.408 e. The van der Waals surface area contributed by atoms with Gasteiger partial charge in [-0.05, 0) is 48.6 Å². The molecule has 2 amide bonds.